The zero-order chi connectivity index (χ0) is 15.4. The molecule has 0 spiro atoms. The molecule has 0 saturated carbocycles. The molecule has 2 aromatic carbocycles. The molecule has 0 radical (unpaired) electrons. The molecule has 2 aromatic rings. The number of allylic oxidation sites excluding steroid dienone is 1. The van der Waals surface area contributed by atoms with Crippen molar-refractivity contribution < 1.29 is 19.0 Å². The third kappa shape index (κ3) is 3.70. The molecule has 0 aliphatic heterocycles. The molecule has 1 N–H and O–H groups in total. The summed E-state index contributed by atoms with van der Waals surface area (Å²) in [4.78, 5) is 11.9. The van der Waals surface area contributed by atoms with E-state index in [4.69, 9.17) is 4.74 Å². The van der Waals surface area contributed by atoms with E-state index in [1.165, 1.54) is 37.5 Å². The summed E-state index contributed by atoms with van der Waals surface area (Å²) in [7, 11) is 1.44. The number of ether oxygens (including phenoxy) is 1. The van der Waals surface area contributed by atoms with E-state index in [-0.39, 0.29) is 17.3 Å². The number of ketones is 1. The number of rotatable bonds is 4. The Morgan fingerprint density at radius 2 is 1.95 bits per heavy atom. The maximum atomic E-state index is 12.8. The van der Waals surface area contributed by atoms with Crippen molar-refractivity contribution in [2.24, 2.45) is 0 Å². The van der Waals surface area contributed by atoms with Crippen LogP contribution in [0, 0.1) is 5.82 Å². The largest absolute Gasteiger partial charge is 0.503 e. The van der Waals surface area contributed by atoms with E-state index < -0.39 is 0 Å². The van der Waals surface area contributed by atoms with E-state index in [0.717, 1.165) is 0 Å². The van der Waals surface area contributed by atoms with E-state index in [1.807, 2.05) is 0 Å². The molecule has 0 bridgehead atoms. The Morgan fingerprint density at radius 3 is 2.57 bits per heavy atom. The fraction of sp³-hybridized carbons (Fsp3) is 0.0625. The highest BCUT2D eigenvalue weighted by Gasteiger charge is 2.08. The maximum absolute atomic E-state index is 12.8. The molecule has 2 rings (SSSR count). The first kappa shape index (κ1) is 15.3. The number of halogens is 2. The molecule has 0 unspecified atom stereocenters. The zero-order valence-electron chi connectivity index (χ0n) is 11.1. The molecular weight excluding hydrogens is 339 g/mol. The van der Waals surface area contributed by atoms with Crippen LogP contribution in [0.15, 0.2) is 46.9 Å². The highest BCUT2D eigenvalue weighted by atomic mass is 79.9. The number of benzene rings is 2. The zero-order valence-corrected chi connectivity index (χ0v) is 12.7. The summed E-state index contributed by atoms with van der Waals surface area (Å²) in [5.41, 5.74) is 1.09. The number of hydrogen-bond donors (Lipinski definition) is 1. The number of phenolic OH excluding ortho intramolecular Hbond substituents is 1. The summed E-state index contributed by atoms with van der Waals surface area (Å²) in [5, 5.41) is 9.70. The first-order valence-electron chi connectivity index (χ1n) is 6.05. The Balaban J connectivity index is 2.23. The normalized spacial score (nSPS) is 10.8. The molecule has 0 fully saturated rings. The van der Waals surface area contributed by atoms with E-state index in [9.17, 15) is 14.3 Å². The quantitative estimate of drug-likeness (QED) is 0.663. The molecular formula is C16H12BrFO3. The lowest BCUT2D eigenvalue weighted by Crippen LogP contribution is -1.94. The lowest BCUT2D eigenvalue weighted by molar-refractivity contribution is 0.104. The molecule has 0 heterocycles. The maximum Gasteiger partial charge on any atom is 0.185 e. The van der Waals surface area contributed by atoms with Gasteiger partial charge in [0, 0.05) is 5.56 Å². The molecule has 21 heavy (non-hydrogen) atoms. The Kier molecular flexibility index (Phi) is 4.75. The summed E-state index contributed by atoms with van der Waals surface area (Å²) in [6.45, 7) is 0. The van der Waals surface area contributed by atoms with Crippen molar-refractivity contribution in [2.45, 2.75) is 0 Å². The molecule has 0 aliphatic carbocycles. The molecule has 0 amide bonds. The number of aromatic hydroxyl groups is 1. The molecule has 0 saturated heterocycles. The second kappa shape index (κ2) is 6.54. The third-order valence-electron chi connectivity index (χ3n) is 2.83. The number of carbonyl (C=O) groups is 1. The van der Waals surface area contributed by atoms with Crippen LogP contribution >= 0.6 is 15.9 Å². The summed E-state index contributed by atoms with van der Waals surface area (Å²) in [5.74, 6) is -0.321. The SMILES string of the molecule is COc1cc(/C=C/C(=O)c2ccc(F)cc2)cc(Br)c1O. The lowest BCUT2D eigenvalue weighted by Gasteiger charge is -2.06. The minimum absolute atomic E-state index is 0.000453. The smallest absolute Gasteiger partial charge is 0.185 e. The van der Waals surface area contributed by atoms with Crippen molar-refractivity contribution in [1.82, 2.24) is 0 Å². The topological polar surface area (TPSA) is 46.5 Å². The van der Waals surface area contributed by atoms with E-state index in [0.29, 0.717) is 21.3 Å². The van der Waals surface area contributed by atoms with Crippen molar-refractivity contribution in [3.05, 3.63) is 63.9 Å². The Hall–Kier alpha value is -2.14. The molecule has 3 nitrogen and oxygen atoms in total. The van der Waals surface area contributed by atoms with Crippen LogP contribution in [0.3, 0.4) is 0 Å². The van der Waals surface area contributed by atoms with Crippen LogP contribution in [0.4, 0.5) is 4.39 Å². The molecule has 5 heteroatoms. The van der Waals surface area contributed by atoms with Crippen LogP contribution in [0.5, 0.6) is 11.5 Å². The highest BCUT2D eigenvalue weighted by Crippen LogP contribution is 2.35. The van der Waals surface area contributed by atoms with Crippen LogP contribution < -0.4 is 4.74 Å². The minimum Gasteiger partial charge on any atom is -0.503 e. The lowest BCUT2D eigenvalue weighted by atomic mass is 10.1. The van der Waals surface area contributed by atoms with Crippen LogP contribution in [-0.4, -0.2) is 18.0 Å². The number of methoxy groups -OCH3 is 1. The summed E-state index contributed by atoms with van der Waals surface area (Å²) >= 11 is 3.21. The summed E-state index contributed by atoms with van der Waals surface area (Å²) in [6, 6.07) is 8.59. The summed E-state index contributed by atoms with van der Waals surface area (Å²) in [6.07, 6.45) is 2.98. The van der Waals surface area contributed by atoms with Gasteiger partial charge < -0.3 is 9.84 Å². The van der Waals surface area contributed by atoms with Crippen molar-refractivity contribution in [3.63, 3.8) is 0 Å². The van der Waals surface area contributed by atoms with Crippen molar-refractivity contribution in [3.8, 4) is 11.5 Å². The van der Waals surface area contributed by atoms with Crippen LogP contribution in [0.25, 0.3) is 6.08 Å². The van der Waals surface area contributed by atoms with Crippen LogP contribution in [0.1, 0.15) is 15.9 Å². The van der Waals surface area contributed by atoms with Gasteiger partial charge in [0.1, 0.15) is 5.82 Å². The predicted octanol–water partition coefficient (Wildman–Crippen LogP) is 4.20. The number of carbonyl (C=O) groups excluding carboxylic acids is 1. The third-order valence-corrected chi connectivity index (χ3v) is 3.43. The monoisotopic (exact) mass is 350 g/mol. The van der Waals surface area contributed by atoms with Gasteiger partial charge in [-0.2, -0.15) is 0 Å². The molecule has 0 atom stereocenters. The standard InChI is InChI=1S/C16H12BrFO3/c1-21-15-9-10(8-13(17)16(15)20)2-7-14(19)11-3-5-12(18)6-4-11/h2-9,20H,1H3/b7-2+. The second-order valence-corrected chi connectivity index (χ2v) is 5.11. The van der Waals surface area contributed by atoms with Crippen molar-refractivity contribution in [2.75, 3.05) is 7.11 Å². The second-order valence-electron chi connectivity index (χ2n) is 4.26. The molecule has 108 valence electrons. The molecule has 0 aliphatic rings. The van der Waals surface area contributed by atoms with Gasteiger partial charge in [-0.25, -0.2) is 4.39 Å². The van der Waals surface area contributed by atoms with Gasteiger partial charge in [-0.15, -0.1) is 0 Å². The van der Waals surface area contributed by atoms with Gasteiger partial charge in [-0.3, -0.25) is 4.79 Å². The Morgan fingerprint density at radius 1 is 1.29 bits per heavy atom. The molecule has 0 aromatic heterocycles. The average molecular weight is 351 g/mol. The van der Waals surface area contributed by atoms with E-state index in [1.54, 1.807) is 18.2 Å². The first-order chi connectivity index (χ1) is 10.0. The fourth-order valence-corrected chi connectivity index (χ4v) is 2.19. The van der Waals surface area contributed by atoms with E-state index >= 15 is 0 Å². The van der Waals surface area contributed by atoms with Gasteiger partial charge in [-0.1, -0.05) is 6.08 Å². The van der Waals surface area contributed by atoms with Gasteiger partial charge in [0.15, 0.2) is 17.3 Å². The van der Waals surface area contributed by atoms with Gasteiger partial charge in [0.25, 0.3) is 0 Å². The predicted molar refractivity (Wildman–Crippen MR) is 82.1 cm³/mol. The Labute approximate surface area is 129 Å². The number of hydrogen-bond acceptors (Lipinski definition) is 3. The fourth-order valence-electron chi connectivity index (χ4n) is 1.73. The first-order valence-corrected chi connectivity index (χ1v) is 6.85. The van der Waals surface area contributed by atoms with Gasteiger partial charge >= 0.3 is 0 Å². The average Bonchev–Trinajstić information content (AvgIpc) is 2.48. The van der Waals surface area contributed by atoms with Crippen LogP contribution in [0.2, 0.25) is 0 Å². The summed E-state index contributed by atoms with van der Waals surface area (Å²) < 4.78 is 18.3. The minimum atomic E-state index is -0.386. The van der Waals surface area contributed by atoms with Crippen molar-refractivity contribution in [1.29, 1.82) is 0 Å². The van der Waals surface area contributed by atoms with Gasteiger partial charge in [0.05, 0.1) is 11.6 Å². The number of phenols is 1. The van der Waals surface area contributed by atoms with Crippen molar-refractivity contribution >= 4 is 27.8 Å². The van der Waals surface area contributed by atoms with Crippen LogP contribution in [-0.2, 0) is 0 Å². The van der Waals surface area contributed by atoms with E-state index in [2.05, 4.69) is 15.9 Å². The van der Waals surface area contributed by atoms with Gasteiger partial charge in [-0.05, 0) is 64.0 Å². The van der Waals surface area contributed by atoms with Gasteiger partial charge in [0.2, 0.25) is 0 Å². The Bertz CT molecular complexity index is 693. The highest BCUT2D eigenvalue weighted by molar-refractivity contribution is 9.10.